The van der Waals surface area contributed by atoms with Gasteiger partial charge < -0.3 is 28.8 Å². The van der Waals surface area contributed by atoms with Crippen LogP contribution in [-0.4, -0.2) is 67.8 Å². The molecule has 4 heterocycles. The predicted molar refractivity (Wildman–Crippen MR) is 150 cm³/mol. The Morgan fingerprint density at radius 2 is 1.93 bits per heavy atom. The van der Waals surface area contributed by atoms with Crippen LogP contribution in [-0.2, 0) is 9.53 Å². The summed E-state index contributed by atoms with van der Waals surface area (Å²) in [4.78, 5) is 30.9. The molecule has 1 N–H and O–H groups in total. The van der Waals surface area contributed by atoms with E-state index in [-0.39, 0.29) is 24.5 Å². The van der Waals surface area contributed by atoms with Crippen molar-refractivity contribution in [2.45, 2.75) is 18.9 Å². The number of nitrogens with zero attached hydrogens (tertiary/aromatic N) is 3. The summed E-state index contributed by atoms with van der Waals surface area (Å²) in [7, 11) is 1.50. The number of nitrogens with one attached hydrogen (secondary N) is 1. The van der Waals surface area contributed by atoms with E-state index in [4.69, 9.17) is 18.6 Å². The molecule has 0 radical (unpaired) electrons. The fourth-order valence-electron chi connectivity index (χ4n) is 5.17. The summed E-state index contributed by atoms with van der Waals surface area (Å²) in [6, 6.07) is 16.7. The van der Waals surface area contributed by atoms with Crippen LogP contribution in [0.5, 0.6) is 11.5 Å². The Morgan fingerprint density at radius 3 is 2.71 bits per heavy atom. The number of carbonyl (C=O) groups excluding carboxylic acids is 2. The molecule has 0 saturated carbocycles. The molecule has 0 spiro atoms. The first-order valence-corrected chi connectivity index (χ1v) is 13.5. The Kier molecular flexibility index (Phi) is 7.27. The highest BCUT2D eigenvalue weighted by atomic mass is 16.5. The quantitative estimate of drug-likeness (QED) is 0.378. The van der Waals surface area contributed by atoms with Crippen LogP contribution in [0.4, 0.5) is 0 Å². The van der Waals surface area contributed by atoms with E-state index in [1.54, 1.807) is 30.5 Å². The summed E-state index contributed by atoms with van der Waals surface area (Å²) in [6.07, 6.45) is 3.32. The number of fused-ring (bicyclic) bond motifs is 1. The summed E-state index contributed by atoms with van der Waals surface area (Å²) in [6.45, 7) is 2.17. The molecular weight excluding hydrogens is 524 g/mol. The molecule has 2 fully saturated rings. The zero-order chi connectivity index (χ0) is 28.3. The van der Waals surface area contributed by atoms with Gasteiger partial charge in [-0.25, -0.2) is 0 Å². The smallest absolute Gasteiger partial charge is 0.258 e. The molecule has 2 saturated heterocycles. The lowest BCUT2D eigenvalue weighted by molar-refractivity contribution is -0.123. The van der Waals surface area contributed by atoms with E-state index in [1.807, 2.05) is 24.3 Å². The third kappa shape index (κ3) is 5.32. The zero-order valence-electron chi connectivity index (χ0n) is 22.5. The van der Waals surface area contributed by atoms with Crippen molar-refractivity contribution in [3.8, 4) is 40.0 Å². The first-order chi connectivity index (χ1) is 20.0. The maximum atomic E-state index is 13.1. The van der Waals surface area contributed by atoms with Crippen LogP contribution in [0, 0.1) is 11.3 Å². The molecule has 4 aromatic rings. The Hall–Kier alpha value is -4.88. The Balaban J connectivity index is 1.30. The van der Waals surface area contributed by atoms with Crippen LogP contribution in [0.25, 0.3) is 33.6 Å². The van der Waals surface area contributed by atoms with Gasteiger partial charge in [0.15, 0.2) is 5.58 Å². The first kappa shape index (κ1) is 26.3. The van der Waals surface area contributed by atoms with Crippen molar-refractivity contribution in [3.63, 3.8) is 0 Å². The van der Waals surface area contributed by atoms with E-state index in [9.17, 15) is 14.9 Å². The molecule has 10 nitrogen and oxygen atoms in total. The average molecular weight is 553 g/mol. The van der Waals surface area contributed by atoms with Gasteiger partial charge in [0.2, 0.25) is 5.91 Å². The topological polar surface area (TPSA) is 127 Å². The average Bonchev–Trinajstić information content (AvgIpc) is 3.46. The van der Waals surface area contributed by atoms with Gasteiger partial charge in [-0.2, -0.15) is 5.26 Å². The number of rotatable bonds is 6. The second-order valence-corrected chi connectivity index (χ2v) is 9.93. The van der Waals surface area contributed by atoms with E-state index in [0.717, 1.165) is 24.0 Å². The number of piperazine rings is 1. The van der Waals surface area contributed by atoms with Gasteiger partial charge in [0.25, 0.3) is 5.91 Å². The van der Waals surface area contributed by atoms with Crippen LogP contribution in [0.1, 0.15) is 28.8 Å². The number of amides is 2. The predicted octanol–water partition coefficient (Wildman–Crippen LogP) is 4.17. The van der Waals surface area contributed by atoms with Crippen molar-refractivity contribution >= 4 is 22.9 Å². The molecule has 0 aliphatic carbocycles. The molecule has 0 atom stereocenters. The summed E-state index contributed by atoms with van der Waals surface area (Å²) >= 11 is 0. The number of hydrogen-bond acceptors (Lipinski definition) is 8. The van der Waals surface area contributed by atoms with Gasteiger partial charge in [0, 0.05) is 49.3 Å². The fraction of sp³-hybridized carbons (Fsp3) is 0.290. The van der Waals surface area contributed by atoms with Gasteiger partial charge in [-0.3, -0.25) is 14.6 Å². The molecular formula is C31H28N4O6. The SMILES string of the molecule is COc1cc(-c2cc3nccc(-c4ccc(OC5CCOCC5)c(C#N)c4)c3o2)ccc1C(=O)N1CCNC(=O)C1. The molecule has 2 amide bonds. The van der Waals surface area contributed by atoms with E-state index >= 15 is 0 Å². The van der Waals surface area contributed by atoms with E-state index in [1.165, 1.54) is 12.0 Å². The summed E-state index contributed by atoms with van der Waals surface area (Å²) in [5.74, 6) is 1.03. The molecule has 0 bridgehead atoms. The van der Waals surface area contributed by atoms with Gasteiger partial charge in [-0.1, -0.05) is 12.1 Å². The minimum Gasteiger partial charge on any atom is -0.496 e. The van der Waals surface area contributed by atoms with Crippen LogP contribution in [0.3, 0.4) is 0 Å². The molecule has 2 aliphatic rings. The Morgan fingerprint density at radius 1 is 1.10 bits per heavy atom. The second-order valence-electron chi connectivity index (χ2n) is 9.93. The molecule has 208 valence electrons. The van der Waals surface area contributed by atoms with Crippen LogP contribution >= 0.6 is 0 Å². The zero-order valence-corrected chi connectivity index (χ0v) is 22.5. The molecule has 2 aromatic carbocycles. The Labute approximate surface area is 236 Å². The highest BCUT2D eigenvalue weighted by Crippen LogP contribution is 2.37. The number of methoxy groups -OCH3 is 1. The number of hydrogen-bond donors (Lipinski definition) is 1. The summed E-state index contributed by atoms with van der Waals surface area (Å²) in [5.41, 5.74) is 4.34. The van der Waals surface area contributed by atoms with Crippen LogP contribution in [0.15, 0.2) is 59.1 Å². The molecule has 2 aliphatic heterocycles. The van der Waals surface area contributed by atoms with E-state index < -0.39 is 0 Å². The number of aromatic nitrogens is 1. The number of benzene rings is 2. The summed E-state index contributed by atoms with van der Waals surface area (Å²) < 4.78 is 23.4. The number of furan rings is 1. The van der Waals surface area contributed by atoms with Crippen molar-refractivity contribution in [3.05, 3.63) is 65.9 Å². The van der Waals surface area contributed by atoms with Crippen LogP contribution < -0.4 is 14.8 Å². The van der Waals surface area contributed by atoms with Gasteiger partial charge in [0.05, 0.1) is 38.0 Å². The van der Waals surface area contributed by atoms with Gasteiger partial charge in [0.1, 0.15) is 34.9 Å². The molecule has 41 heavy (non-hydrogen) atoms. The monoisotopic (exact) mass is 552 g/mol. The Bertz CT molecular complexity index is 1670. The maximum absolute atomic E-state index is 13.1. The minimum absolute atomic E-state index is 0.0118. The third-order valence-electron chi connectivity index (χ3n) is 7.33. The van der Waals surface area contributed by atoms with Gasteiger partial charge in [-0.15, -0.1) is 0 Å². The molecule has 2 aromatic heterocycles. The standard InChI is InChI=1S/C31H28N4O6/c1-38-28-15-20(2-4-24(28)31(37)35-11-10-34-29(36)18-35)27-16-25-30(41-27)23(6-9-33-25)19-3-5-26(21(14-19)17-32)40-22-7-12-39-13-8-22/h2-6,9,14-16,22H,7-8,10-13,18H2,1H3,(H,34,36). The maximum Gasteiger partial charge on any atom is 0.258 e. The highest BCUT2D eigenvalue weighted by Gasteiger charge is 2.25. The molecule has 10 heteroatoms. The number of nitriles is 1. The lowest BCUT2D eigenvalue weighted by Gasteiger charge is -2.27. The van der Waals surface area contributed by atoms with Crippen LogP contribution in [0.2, 0.25) is 0 Å². The lowest BCUT2D eigenvalue weighted by atomic mass is 10.0. The number of carbonyl (C=O) groups is 2. The largest absolute Gasteiger partial charge is 0.496 e. The normalized spacial score (nSPS) is 15.8. The second kappa shape index (κ2) is 11.3. The molecule has 6 rings (SSSR count). The minimum atomic E-state index is -0.269. The fourth-order valence-corrected chi connectivity index (χ4v) is 5.17. The van der Waals surface area contributed by atoms with Crippen molar-refractivity contribution in [2.75, 3.05) is 40.0 Å². The van der Waals surface area contributed by atoms with E-state index in [2.05, 4.69) is 16.4 Å². The first-order valence-electron chi connectivity index (χ1n) is 13.5. The highest BCUT2D eigenvalue weighted by molar-refractivity contribution is 6.00. The summed E-state index contributed by atoms with van der Waals surface area (Å²) in [5, 5.41) is 12.6. The van der Waals surface area contributed by atoms with Crippen molar-refractivity contribution in [2.24, 2.45) is 0 Å². The van der Waals surface area contributed by atoms with Gasteiger partial charge >= 0.3 is 0 Å². The van der Waals surface area contributed by atoms with Crippen molar-refractivity contribution in [1.29, 1.82) is 5.26 Å². The lowest BCUT2D eigenvalue weighted by Crippen LogP contribution is -2.50. The third-order valence-corrected chi connectivity index (χ3v) is 7.33. The van der Waals surface area contributed by atoms with Crippen molar-refractivity contribution in [1.82, 2.24) is 15.2 Å². The van der Waals surface area contributed by atoms with E-state index in [0.29, 0.717) is 71.4 Å². The number of pyridine rings is 1. The molecule has 0 unspecified atom stereocenters. The van der Waals surface area contributed by atoms with Crippen molar-refractivity contribution < 1.29 is 28.2 Å². The van der Waals surface area contributed by atoms with Gasteiger partial charge in [-0.05, 0) is 35.9 Å². The number of ether oxygens (including phenoxy) is 3.